The predicted molar refractivity (Wildman–Crippen MR) is 48.2 cm³/mol. The summed E-state index contributed by atoms with van der Waals surface area (Å²) in [4.78, 5) is 0. The molecular formula is C9H20O3. The molecule has 0 bridgehead atoms. The fourth-order valence-electron chi connectivity index (χ4n) is 0.901. The van der Waals surface area contributed by atoms with Gasteiger partial charge in [-0.05, 0) is 19.8 Å². The van der Waals surface area contributed by atoms with Gasteiger partial charge in [-0.1, -0.05) is 6.92 Å². The summed E-state index contributed by atoms with van der Waals surface area (Å²) in [6.45, 7) is 6.27. The van der Waals surface area contributed by atoms with Crippen LogP contribution in [0.1, 0.15) is 26.7 Å². The van der Waals surface area contributed by atoms with Crippen molar-refractivity contribution in [3.8, 4) is 0 Å². The summed E-state index contributed by atoms with van der Waals surface area (Å²) < 4.78 is 10.7. The van der Waals surface area contributed by atoms with E-state index in [1.165, 1.54) is 0 Å². The Balaban J connectivity index is 3.19. The molecule has 0 rings (SSSR count). The molecule has 1 N–H and O–H groups in total. The quantitative estimate of drug-likeness (QED) is 0.565. The van der Waals surface area contributed by atoms with Crippen molar-refractivity contribution in [1.29, 1.82) is 0 Å². The van der Waals surface area contributed by atoms with Gasteiger partial charge in [0.05, 0.1) is 12.7 Å². The Bertz CT molecular complexity index is 85.8. The topological polar surface area (TPSA) is 38.7 Å². The monoisotopic (exact) mass is 176 g/mol. The molecule has 0 radical (unpaired) electrons. The lowest BCUT2D eigenvalue weighted by Gasteiger charge is -2.14. The van der Waals surface area contributed by atoms with E-state index in [2.05, 4.69) is 6.92 Å². The molecule has 0 saturated carbocycles. The normalized spacial score (nSPS) is 13.2. The highest BCUT2D eigenvalue weighted by Crippen LogP contribution is 1.98. The first-order valence-corrected chi connectivity index (χ1v) is 4.65. The highest BCUT2D eigenvalue weighted by atomic mass is 16.5. The Hall–Kier alpha value is -0.120. The zero-order chi connectivity index (χ0) is 9.23. The number of rotatable bonds is 8. The van der Waals surface area contributed by atoms with E-state index in [0.29, 0.717) is 19.6 Å². The second-order valence-electron chi connectivity index (χ2n) is 2.64. The van der Waals surface area contributed by atoms with Crippen LogP contribution in [-0.2, 0) is 9.47 Å². The van der Waals surface area contributed by atoms with Gasteiger partial charge < -0.3 is 14.6 Å². The molecule has 12 heavy (non-hydrogen) atoms. The van der Waals surface area contributed by atoms with Gasteiger partial charge in [-0.2, -0.15) is 0 Å². The minimum atomic E-state index is 0.200. The summed E-state index contributed by atoms with van der Waals surface area (Å²) in [6, 6.07) is 0. The van der Waals surface area contributed by atoms with Crippen LogP contribution in [0.3, 0.4) is 0 Å². The van der Waals surface area contributed by atoms with Crippen LogP contribution in [0.2, 0.25) is 0 Å². The van der Waals surface area contributed by atoms with Crippen molar-refractivity contribution < 1.29 is 14.6 Å². The number of aliphatic hydroxyl groups excluding tert-OH is 1. The Morgan fingerprint density at radius 3 is 2.58 bits per heavy atom. The van der Waals surface area contributed by atoms with Crippen molar-refractivity contribution in [2.24, 2.45) is 0 Å². The van der Waals surface area contributed by atoms with Crippen molar-refractivity contribution in [3.05, 3.63) is 0 Å². The van der Waals surface area contributed by atoms with Gasteiger partial charge in [0.1, 0.15) is 0 Å². The fourth-order valence-corrected chi connectivity index (χ4v) is 0.901. The Morgan fingerprint density at radius 2 is 2.08 bits per heavy atom. The molecule has 0 spiro atoms. The highest BCUT2D eigenvalue weighted by Gasteiger charge is 2.04. The molecule has 1 atom stereocenters. The first kappa shape index (κ1) is 11.9. The maximum Gasteiger partial charge on any atom is 0.0805 e. The second kappa shape index (κ2) is 8.97. The van der Waals surface area contributed by atoms with Crippen LogP contribution < -0.4 is 0 Å². The van der Waals surface area contributed by atoms with E-state index in [1.807, 2.05) is 6.92 Å². The van der Waals surface area contributed by atoms with E-state index >= 15 is 0 Å². The lowest BCUT2D eigenvalue weighted by atomic mass is 10.3. The first-order chi connectivity index (χ1) is 5.85. The van der Waals surface area contributed by atoms with Gasteiger partial charge in [0.25, 0.3) is 0 Å². The van der Waals surface area contributed by atoms with Crippen LogP contribution in [0.25, 0.3) is 0 Å². The first-order valence-electron chi connectivity index (χ1n) is 4.65. The van der Waals surface area contributed by atoms with Gasteiger partial charge in [-0.25, -0.2) is 0 Å². The molecule has 0 aliphatic rings. The molecule has 0 aromatic heterocycles. The number of aliphatic hydroxyl groups is 1. The standard InChI is InChI=1S/C9H20O3/c1-3-9(12-4-2)8-11-7-5-6-10/h9-10H,3-8H2,1-2H3. The van der Waals surface area contributed by atoms with Crippen LogP contribution in [-0.4, -0.2) is 37.6 Å². The highest BCUT2D eigenvalue weighted by molar-refractivity contribution is 4.52. The Kier molecular flexibility index (Phi) is 8.88. The van der Waals surface area contributed by atoms with Crippen LogP contribution in [0.4, 0.5) is 0 Å². The van der Waals surface area contributed by atoms with Crippen molar-refractivity contribution in [3.63, 3.8) is 0 Å². The zero-order valence-electron chi connectivity index (χ0n) is 8.08. The summed E-state index contributed by atoms with van der Waals surface area (Å²) in [5.74, 6) is 0. The fraction of sp³-hybridized carbons (Fsp3) is 1.00. The summed E-state index contributed by atoms with van der Waals surface area (Å²) >= 11 is 0. The van der Waals surface area contributed by atoms with E-state index in [4.69, 9.17) is 14.6 Å². The van der Waals surface area contributed by atoms with E-state index in [-0.39, 0.29) is 12.7 Å². The predicted octanol–water partition coefficient (Wildman–Crippen LogP) is 1.20. The molecule has 0 aromatic carbocycles. The van der Waals surface area contributed by atoms with Crippen molar-refractivity contribution in [1.82, 2.24) is 0 Å². The average Bonchev–Trinajstić information content (AvgIpc) is 2.10. The maximum absolute atomic E-state index is 8.48. The summed E-state index contributed by atoms with van der Waals surface area (Å²) in [5.41, 5.74) is 0. The molecule has 0 saturated heterocycles. The summed E-state index contributed by atoms with van der Waals surface area (Å²) in [6.07, 6.45) is 1.91. The summed E-state index contributed by atoms with van der Waals surface area (Å²) in [5, 5.41) is 8.48. The van der Waals surface area contributed by atoms with E-state index in [0.717, 1.165) is 13.0 Å². The smallest absolute Gasteiger partial charge is 0.0805 e. The average molecular weight is 176 g/mol. The van der Waals surface area contributed by atoms with Gasteiger partial charge in [-0.15, -0.1) is 0 Å². The second-order valence-corrected chi connectivity index (χ2v) is 2.64. The third kappa shape index (κ3) is 6.58. The molecule has 0 heterocycles. The Labute approximate surface area is 74.7 Å². The zero-order valence-corrected chi connectivity index (χ0v) is 8.08. The molecule has 3 nitrogen and oxygen atoms in total. The molecule has 0 amide bonds. The molecule has 1 unspecified atom stereocenters. The molecule has 3 heteroatoms. The molecule has 0 aliphatic heterocycles. The molecule has 0 fully saturated rings. The third-order valence-electron chi connectivity index (χ3n) is 1.61. The number of hydrogen-bond donors (Lipinski definition) is 1. The van der Waals surface area contributed by atoms with Gasteiger partial charge >= 0.3 is 0 Å². The molecule has 74 valence electrons. The minimum Gasteiger partial charge on any atom is -0.396 e. The van der Waals surface area contributed by atoms with Gasteiger partial charge in [0.15, 0.2) is 0 Å². The summed E-state index contributed by atoms with van der Waals surface area (Å²) in [7, 11) is 0. The van der Waals surface area contributed by atoms with E-state index < -0.39 is 0 Å². The SMILES string of the molecule is CCOC(CC)COCCCO. The van der Waals surface area contributed by atoms with Crippen molar-refractivity contribution in [2.45, 2.75) is 32.8 Å². The maximum atomic E-state index is 8.48. The van der Waals surface area contributed by atoms with Gasteiger partial charge in [0, 0.05) is 19.8 Å². The molecule has 0 aliphatic carbocycles. The van der Waals surface area contributed by atoms with Crippen molar-refractivity contribution in [2.75, 3.05) is 26.4 Å². The van der Waals surface area contributed by atoms with E-state index in [9.17, 15) is 0 Å². The largest absolute Gasteiger partial charge is 0.396 e. The minimum absolute atomic E-state index is 0.200. The van der Waals surface area contributed by atoms with Crippen LogP contribution in [0, 0.1) is 0 Å². The lowest BCUT2D eigenvalue weighted by molar-refractivity contribution is -0.0155. The van der Waals surface area contributed by atoms with Gasteiger partial charge in [0.2, 0.25) is 0 Å². The van der Waals surface area contributed by atoms with Crippen LogP contribution >= 0.6 is 0 Å². The number of ether oxygens (including phenoxy) is 2. The van der Waals surface area contributed by atoms with Gasteiger partial charge in [-0.3, -0.25) is 0 Å². The Morgan fingerprint density at radius 1 is 1.33 bits per heavy atom. The van der Waals surface area contributed by atoms with E-state index in [1.54, 1.807) is 0 Å². The van der Waals surface area contributed by atoms with Crippen LogP contribution in [0.15, 0.2) is 0 Å². The van der Waals surface area contributed by atoms with Crippen LogP contribution in [0.5, 0.6) is 0 Å². The molecular weight excluding hydrogens is 156 g/mol. The van der Waals surface area contributed by atoms with Crippen molar-refractivity contribution >= 4 is 0 Å². The number of hydrogen-bond acceptors (Lipinski definition) is 3. The third-order valence-corrected chi connectivity index (χ3v) is 1.61. The molecule has 0 aromatic rings. The lowest BCUT2D eigenvalue weighted by Crippen LogP contribution is -2.19.